The number of nitrogens with zero attached hydrogens (tertiary/aromatic N) is 4. The highest BCUT2D eigenvalue weighted by Crippen LogP contribution is 2.16. The maximum Gasteiger partial charge on any atom is 0.317 e. The molecule has 12 nitrogen and oxygen atoms in total. The molecule has 1 aliphatic rings. The first-order valence-corrected chi connectivity index (χ1v) is 15.0. The van der Waals surface area contributed by atoms with Crippen LogP contribution in [0.4, 0.5) is 5.69 Å². The van der Waals surface area contributed by atoms with Crippen molar-refractivity contribution in [1.29, 1.82) is 0 Å². The highest BCUT2D eigenvalue weighted by atomic mass is 32.1. The number of rotatable bonds is 15. The van der Waals surface area contributed by atoms with Gasteiger partial charge in [0.25, 0.3) is 0 Å². The fourth-order valence-corrected chi connectivity index (χ4v) is 5.20. The summed E-state index contributed by atoms with van der Waals surface area (Å²) in [7, 11) is 0. The molecule has 0 aromatic heterocycles. The second-order valence-corrected chi connectivity index (χ2v) is 11.0. The first-order chi connectivity index (χ1) is 20.2. The molecule has 0 bridgehead atoms. The van der Waals surface area contributed by atoms with Crippen LogP contribution in [0.3, 0.4) is 0 Å². The number of carboxylic acids is 2. The summed E-state index contributed by atoms with van der Waals surface area (Å²) in [6.07, 6.45) is 5.52. The van der Waals surface area contributed by atoms with Crippen molar-refractivity contribution in [3.63, 3.8) is 0 Å². The van der Waals surface area contributed by atoms with Crippen LogP contribution < -0.4 is 10.6 Å². The molecule has 1 fully saturated rings. The average molecular weight is 607 g/mol. The lowest BCUT2D eigenvalue weighted by Gasteiger charge is -2.37. The number of unbranched alkanes of at least 4 members (excludes halogenated alkanes) is 2. The van der Waals surface area contributed by atoms with E-state index in [0.29, 0.717) is 57.3 Å². The molecule has 1 aromatic rings. The van der Waals surface area contributed by atoms with Gasteiger partial charge in [0.05, 0.1) is 26.2 Å². The van der Waals surface area contributed by atoms with E-state index in [1.807, 2.05) is 39.0 Å². The van der Waals surface area contributed by atoms with E-state index >= 15 is 0 Å². The molecule has 0 radical (unpaired) electrons. The molecule has 234 valence electrons. The van der Waals surface area contributed by atoms with E-state index in [2.05, 4.69) is 17.6 Å². The minimum Gasteiger partial charge on any atom is -0.480 e. The fraction of sp³-hybridized carbons (Fsp3) is 0.621. The molecule has 1 atom stereocenters. The average Bonchev–Trinajstić information content (AvgIpc) is 2.94. The van der Waals surface area contributed by atoms with Crippen LogP contribution in [-0.2, 0) is 25.6 Å². The van der Waals surface area contributed by atoms with Gasteiger partial charge in [0.15, 0.2) is 5.11 Å². The van der Waals surface area contributed by atoms with Crippen molar-refractivity contribution < 1.29 is 29.4 Å². The third kappa shape index (κ3) is 14.3. The van der Waals surface area contributed by atoms with E-state index in [0.717, 1.165) is 49.6 Å². The Labute approximate surface area is 254 Å². The van der Waals surface area contributed by atoms with Gasteiger partial charge in [-0.15, -0.1) is 0 Å². The van der Waals surface area contributed by atoms with E-state index in [1.165, 1.54) is 0 Å². The van der Waals surface area contributed by atoms with Gasteiger partial charge >= 0.3 is 11.9 Å². The predicted octanol–water partition coefficient (Wildman–Crippen LogP) is 0.863. The van der Waals surface area contributed by atoms with Gasteiger partial charge in [-0.1, -0.05) is 31.9 Å². The number of aldehydes is 2. The van der Waals surface area contributed by atoms with Crippen molar-refractivity contribution in [2.45, 2.75) is 38.6 Å². The maximum absolute atomic E-state index is 11.9. The molecule has 1 saturated heterocycles. The third-order valence-electron chi connectivity index (χ3n) is 7.27. The molecule has 1 aliphatic heterocycles. The van der Waals surface area contributed by atoms with E-state index in [-0.39, 0.29) is 32.2 Å². The smallest absolute Gasteiger partial charge is 0.317 e. The monoisotopic (exact) mass is 606 g/mol. The summed E-state index contributed by atoms with van der Waals surface area (Å²) >= 11 is 5.39. The van der Waals surface area contributed by atoms with Crippen molar-refractivity contribution >= 4 is 47.5 Å². The zero-order valence-corrected chi connectivity index (χ0v) is 25.4. The molecular formula is C29H46N6O6S. The number of anilines is 1. The summed E-state index contributed by atoms with van der Waals surface area (Å²) in [4.78, 5) is 53.8. The highest BCUT2D eigenvalue weighted by Gasteiger charge is 2.26. The van der Waals surface area contributed by atoms with Crippen LogP contribution in [0.5, 0.6) is 0 Å². The van der Waals surface area contributed by atoms with Crippen molar-refractivity contribution in [3.8, 4) is 0 Å². The van der Waals surface area contributed by atoms with Crippen molar-refractivity contribution in [2.24, 2.45) is 0 Å². The van der Waals surface area contributed by atoms with Crippen LogP contribution in [-0.4, -0.2) is 144 Å². The molecule has 1 heterocycles. The number of nitrogens with one attached hydrogen (secondary N) is 2. The number of hydrogen-bond acceptors (Lipinski definition) is 9. The lowest BCUT2D eigenvalue weighted by molar-refractivity contribution is -0.140. The standard InChI is InChI=1S/C29H46N6O6S/c1-2-3-4-9-30-29(42)31-25-7-5-24(6-8-25)20-26-21-34(17-19-37)13-11-32(16-18-36)10-12-33(22-27(38)39)14-15-35(26)23-28(40)41/h5-8,18-19,26H,2-4,9-17,20-23H2,1H3,(H,38,39)(H,40,41)(H2,30,31,42). The van der Waals surface area contributed by atoms with Crippen LogP contribution in [0.2, 0.25) is 0 Å². The lowest BCUT2D eigenvalue weighted by atomic mass is 10.0. The largest absolute Gasteiger partial charge is 0.480 e. The second kappa shape index (κ2) is 20.0. The summed E-state index contributed by atoms with van der Waals surface area (Å²) in [5.41, 5.74) is 1.83. The van der Waals surface area contributed by atoms with Crippen LogP contribution >= 0.6 is 12.2 Å². The fourth-order valence-electron chi connectivity index (χ4n) is 4.98. The predicted molar refractivity (Wildman–Crippen MR) is 166 cm³/mol. The highest BCUT2D eigenvalue weighted by molar-refractivity contribution is 7.80. The van der Waals surface area contributed by atoms with E-state index < -0.39 is 11.9 Å². The first-order valence-electron chi connectivity index (χ1n) is 14.6. The Balaban J connectivity index is 2.24. The van der Waals surface area contributed by atoms with Crippen LogP contribution in [0.15, 0.2) is 24.3 Å². The SMILES string of the molecule is CCCCCNC(=S)Nc1ccc(CC2CN(CC=O)CCN(CC=O)CCN(CC(=O)O)CCN2CC(=O)O)cc1. The number of hydrogen-bond donors (Lipinski definition) is 4. The molecule has 0 aliphatic carbocycles. The topological polar surface area (TPSA) is 146 Å². The van der Waals surface area contributed by atoms with Gasteiger partial charge in [0.2, 0.25) is 0 Å². The van der Waals surface area contributed by atoms with Crippen LogP contribution in [0.25, 0.3) is 0 Å². The Morgan fingerprint density at radius 1 is 0.881 bits per heavy atom. The van der Waals surface area contributed by atoms with Gasteiger partial charge < -0.3 is 30.4 Å². The molecule has 4 N–H and O–H groups in total. The van der Waals surface area contributed by atoms with Crippen molar-refractivity contribution in [3.05, 3.63) is 29.8 Å². The quantitative estimate of drug-likeness (QED) is 0.127. The maximum atomic E-state index is 11.9. The summed E-state index contributed by atoms with van der Waals surface area (Å²) in [6.45, 7) is 6.03. The van der Waals surface area contributed by atoms with Crippen LogP contribution in [0, 0.1) is 0 Å². The summed E-state index contributed by atoms with van der Waals surface area (Å²) in [5, 5.41) is 26.1. The van der Waals surface area contributed by atoms with E-state index in [9.17, 15) is 29.4 Å². The molecule has 0 spiro atoms. The molecule has 0 amide bonds. The molecular weight excluding hydrogens is 560 g/mol. The molecule has 2 rings (SSSR count). The minimum atomic E-state index is -0.976. The zero-order chi connectivity index (χ0) is 30.7. The Hall–Kier alpha value is -2.97. The molecule has 1 aromatic carbocycles. The van der Waals surface area contributed by atoms with Gasteiger partial charge in [-0.3, -0.25) is 29.2 Å². The number of carboxylic acid groups (broad SMARTS) is 2. The Kier molecular flexibility index (Phi) is 16.8. The number of aliphatic carboxylic acids is 2. The minimum absolute atomic E-state index is 0.179. The number of thiocarbonyl (C=S) groups is 1. The van der Waals surface area contributed by atoms with E-state index in [1.54, 1.807) is 4.90 Å². The summed E-state index contributed by atoms with van der Waals surface area (Å²) < 4.78 is 0. The Morgan fingerprint density at radius 3 is 2.10 bits per heavy atom. The molecule has 42 heavy (non-hydrogen) atoms. The van der Waals surface area contributed by atoms with Gasteiger partial charge in [-0.05, 0) is 42.8 Å². The Bertz CT molecular complexity index is 997. The van der Waals surface area contributed by atoms with Crippen molar-refractivity contribution in [1.82, 2.24) is 24.9 Å². The summed E-state index contributed by atoms with van der Waals surface area (Å²) in [5.74, 6) is -1.94. The van der Waals surface area contributed by atoms with Gasteiger partial charge in [-0.25, -0.2) is 0 Å². The first kappa shape index (κ1) is 35.2. The van der Waals surface area contributed by atoms with Gasteiger partial charge in [-0.2, -0.15) is 0 Å². The number of carbonyl (C=O) groups excluding carboxylic acids is 2. The summed E-state index contributed by atoms with van der Waals surface area (Å²) in [6, 6.07) is 7.56. The lowest BCUT2D eigenvalue weighted by Crippen LogP contribution is -2.53. The number of benzene rings is 1. The molecule has 13 heteroatoms. The molecule has 1 unspecified atom stereocenters. The van der Waals surface area contributed by atoms with Gasteiger partial charge in [0, 0.05) is 64.1 Å². The zero-order valence-electron chi connectivity index (χ0n) is 24.6. The van der Waals surface area contributed by atoms with E-state index in [4.69, 9.17) is 12.2 Å². The Morgan fingerprint density at radius 2 is 1.48 bits per heavy atom. The number of carbonyl (C=O) groups is 4. The third-order valence-corrected chi connectivity index (χ3v) is 7.51. The van der Waals surface area contributed by atoms with Gasteiger partial charge in [0.1, 0.15) is 12.6 Å². The molecule has 0 saturated carbocycles. The van der Waals surface area contributed by atoms with Crippen LogP contribution in [0.1, 0.15) is 31.7 Å². The second-order valence-electron chi connectivity index (χ2n) is 10.6. The normalized spacial score (nSPS) is 18.4. The van der Waals surface area contributed by atoms with Crippen molar-refractivity contribution in [2.75, 3.05) is 83.9 Å².